The Morgan fingerprint density at radius 2 is 2.40 bits per heavy atom. The number of aromatic nitrogens is 1. The summed E-state index contributed by atoms with van der Waals surface area (Å²) in [6, 6.07) is 2.63. The van der Waals surface area contributed by atoms with E-state index in [-0.39, 0.29) is 0 Å². The monoisotopic (exact) mass is 208 g/mol. The van der Waals surface area contributed by atoms with Crippen LogP contribution in [0.15, 0.2) is 10.6 Å². The van der Waals surface area contributed by atoms with Gasteiger partial charge in [0.1, 0.15) is 0 Å². The summed E-state index contributed by atoms with van der Waals surface area (Å²) in [7, 11) is 0. The zero-order chi connectivity index (χ0) is 10.7. The highest BCUT2D eigenvalue weighted by atomic mass is 16.5. The molecule has 1 aromatic heterocycles. The van der Waals surface area contributed by atoms with Gasteiger partial charge in [0.25, 0.3) is 0 Å². The Hall–Kier alpha value is -0.830. The number of hydrogen-bond acceptors (Lipinski definition) is 3. The molecular weight excluding hydrogens is 188 g/mol. The van der Waals surface area contributed by atoms with E-state index in [1.54, 1.807) is 0 Å². The number of nitrogens with zero attached hydrogens (tertiary/aromatic N) is 1. The van der Waals surface area contributed by atoms with Gasteiger partial charge in [-0.25, -0.2) is 0 Å². The number of rotatable bonds is 6. The molecule has 1 saturated carbocycles. The van der Waals surface area contributed by atoms with Crippen LogP contribution < -0.4 is 5.32 Å². The van der Waals surface area contributed by atoms with Crippen LogP contribution in [0.5, 0.6) is 0 Å². The molecule has 1 N–H and O–H groups in total. The van der Waals surface area contributed by atoms with Gasteiger partial charge in [0.05, 0.1) is 12.2 Å². The van der Waals surface area contributed by atoms with Gasteiger partial charge in [-0.2, -0.15) is 0 Å². The molecule has 0 aromatic carbocycles. The fraction of sp³-hybridized carbons (Fsp3) is 0.750. The van der Waals surface area contributed by atoms with E-state index in [2.05, 4.69) is 24.3 Å². The lowest BCUT2D eigenvalue weighted by Crippen LogP contribution is -2.25. The first-order valence-electron chi connectivity index (χ1n) is 5.95. The molecule has 1 unspecified atom stereocenters. The van der Waals surface area contributed by atoms with Gasteiger partial charge in [-0.05, 0) is 25.7 Å². The summed E-state index contributed by atoms with van der Waals surface area (Å²) in [5, 5.41) is 7.44. The van der Waals surface area contributed by atoms with E-state index in [1.165, 1.54) is 19.3 Å². The van der Waals surface area contributed by atoms with Crippen molar-refractivity contribution in [1.82, 2.24) is 10.5 Å². The third-order valence-electron chi connectivity index (χ3n) is 2.98. The largest absolute Gasteiger partial charge is 0.360 e. The van der Waals surface area contributed by atoms with Gasteiger partial charge in [0.2, 0.25) is 0 Å². The Morgan fingerprint density at radius 1 is 1.60 bits per heavy atom. The maximum atomic E-state index is 5.21. The van der Waals surface area contributed by atoms with Gasteiger partial charge >= 0.3 is 0 Å². The first-order valence-corrected chi connectivity index (χ1v) is 5.95. The lowest BCUT2D eigenvalue weighted by molar-refractivity contribution is 0.356. The summed E-state index contributed by atoms with van der Waals surface area (Å²) in [6.07, 6.45) is 5.10. The van der Waals surface area contributed by atoms with Crippen LogP contribution in [0.2, 0.25) is 0 Å². The summed E-state index contributed by atoms with van der Waals surface area (Å²) in [5.74, 6) is 1.93. The van der Waals surface area contributed by atoms with E-state index in [4.69, 9.17) is 4.52 Å². The Balaban J connectivity index is 1.71. The van der Waals surface area contributed by atoms with Crippen LogP contribution in [-0.4, -0.2) is 11.2 Å². The van der Waals surface area contributed by atoms with E-state index in [9.17, 15) is 0 Å². The van der Waals surface area contributed by atoms with Crippen LogP contribution in [0.3, 0.4) is 0 Å². The van der Waals surface area contributed by atoms with Crippen molar-refractivity contribution in [3.05, 3.63) is 17.5 Å². The molecular formula is C12H20N2O. The quantitative estimate of drug-likeness (QED) is 0.780. The molecule has 1 aliphatic carbocycles. The molecule has 0 radical (unpaired) electrons. The van der Waals surface area contributed by atoms with Gasteiger partial charge < -0.3 is 9.84 Å². The average Bonchev–Trinajstić information content (AvgIpc) is 2.92. The molecule has 0 amide bonds. The van der Waals surface area contributed by atoms with Gasteiger partial charge in [-0.3, -0.25) is 0 Å². The minimum Gasteiger partial charge on any atom is -0.360 e. The average molecular weight is 208 g/mol. The van der Waals surface area contributed by atoms with Crippen molar-refractivity contribution in [2.45, 2.75) is 52.1 Å². The van der Waals surface area contributed by atoms with E-state index < -0.39 is 0 Å². The van der Waals surface area contributed by atoms with Crippen LogP contribution >= 0.6 is 0 Å². The topological polar surface area (TPSA) is 38.1 Å². The molecule has 1 atom stereocenters. The Kier molecular flexibility index (Phi) is 3.41. The van der Waals surface area contributed by atoms with Crippen molar-refractivity contribution >= 4 is 0 Å². The lowest BCUT2D eigenvalue weighted by atomic mass is 10.1. The first kappa shape index (κ1) is 10.7. The van der Waals surface area contributed by atoms with Crippen molar-refractivity contribution in [3.63, 3.8) is 0 Å². The van der Waals surface area contributed by atoms with E-state index in [0.29, 0.717) is 6.04 Å². The second-order valence-corrected chi connectivity index (χ2v) is 4.60. The Labute approximate surface area is 91.2 Å². The fourth-order valence-electron chi connectivity index (χ4n) is 1.82. The Morgan fingerprint density at radius 3 is 3.00 bits per heavy atom. The molecule has 2 rings (SSSR count). The van der Waals surface area contributed by atoms with Crippen LogP contribution in [0.4, 0.5) is 0 Å². The van der Waals surface area contributed by atoms with Crippen LogP contribution in [0.25, 0.3) is 0 Å². The minimum atomic E-state index is 0.590. The summed E-state index contributed by atoms with van der Waals surface area (Å²) in [5.41, 5.74) is 1.04. The SMILES string of the molecule is CCc1cc(CNC(C)CC2CC2)on1. The minimum absolute atomic E-state index is 0.590. The molecule has 1 heterocycles. The highest BCUT2D eigenvalue weighted by Crippen LogP contribution is 2.33. The van der Waals surface area contributed by atoms with Gasteiger partial charge in [-0.1, -0.05) is 24.9 Å². The highest BCUT2D eigenvalue weighted by Gasteiger charge is 2.23. The highest BCUT2D eigenvalue weighted by molar-refractivity contribution is 5.04. The fourth-order valence-corrected chi connectivity index (χ4v) is 1.82. The van der Waals surface area contributed by atoms with Crippen LogP contribution in [0, 0.1) is 5.92 Å². The van der Waals surface area contributed by atoms with E-state index >= 15 is 0 Å². The van der Waals surface area contributed by atoms with Gasteiger partial charge in [-0.15, -0.1) is 0 Å². The predicted octanol–water partition coefficient (Wildman–Crippen LogP) is 2.52. The van der Waals surface area contributed by atoms with Crippen LogP contribution in [-0.2, 0) is 13.0 Å². The third-order valence-corrected chi connectivity index (χ3v) is 2.98. The maximum absolute atomic E-state index is 5.21. The number of nitrogens with one attached hydrogen (secondary N) is 1. The zero-order valence-corrected chi connectivity index (χ0v) is 9.62. The molecule has 1 fully saturated rings. The molecule has 84 valence electrons. The van der Waals surface area contributed by atoms with Crippen molar-refractivity contribution in [2.24, 2.45) is 5.92 Å². The van der Waals surface area contributed by atoms with Gasteiger partial charge in [0, 0.05) is 12.1 Å². The summed E-state index contributed by atoms with van der Waals surface area (Å²) >= 11 is 0. The van der Waals surface area contributed by atoms with E-state index in [0.717, 1.165) is 30.3 Å². The Bertz CT molecular complexity index is 304. The first-order chi connectivity index (χ1) is 7.28. The molecule has 0 aliphatic heterocycles. The molecule has 1 aromatic rings. The van der Waals surface area contributed by atoms with Gasteiger partial charge in [0.15, 0.2) is 5.76 Å². The molecule has 0 spiro atoms. The maximum Gasteiger partial charge on any atom is 0.150 e. The van der Waals surface area contributed by atoms with Crippen molar-refractivity contribution in [2.75, 3.05) is 0 Å². The summed E-state index contributed by atoms with van der Waals surface area (Å²) < 4.78 is 5.21. The molecule has 3 nitrogen and oxygen atoms in total. The second kappa shape index (κ2) is 4.79. The smallest absolute Gasteiger partial charge is 0.150 e. The molecule has 3 heteroatoms. The molecule has 0 bridgehead atoms. The molecule has 0 saturated heterocycles. The normalized spacial score (nSPS) is 18.0. The predicted molar refractivity (Wildman–Crippen MR) is 59.5 cm³/mol. The van der Waals surface area contributed by atoms with Crippen molar-refractivity contribution < 1.29 is 4.52 Å². The molecule has 1 aliphatic rings. The standard InChI is InChI=1S/C12H20N2O/c1-3-11-7-12(15-14-11)8-13-9(2)6-10-4-5-10/h7,9-10,13H,3-6,8H2,1-2H3. The second-order valence-electron chi connectivity index (χ2n) is 4.60. The summed E-state index contributed by atoms with van der Waals surface area (Å²) in [6.45, 7) is 5.14. The third kappa shape index (κ3) is 3.34. The van der Waals surface area contributed by atoms with Crippen molar-refractivity contribution in [3.8, 4) is 0 Å². The van der Waals surface area contributed by atoms with E-state index in [1.807, 2.05) is 6.07 Å². The van der Waals surface area contributed by atoms with Crippen molar-refractivity contribution in [1.29, 1.82) is 0 Å². The number of aryl methyl sites for hydroxylation is 1. The summed E-state index contributed by atoms with van der Waals surface area (Å²) in [4.78, 5) is 0. The van der Waals surface area contributed by atoms with Crippen LogP contribution in [0.1, 0.15) is 44.6 Å². The lowest BCUT2D eigenvalue weighted by Gasteiger charge is -2.11. The zero-order valence-electron chi connectivity index (χ0n) is 9.62. The number of hydrogen-bond donors (Lipinski definition) is 1. The molecule has 15 heavy (non-hydrogen) atoms.